The van der Waals surface area contributed by atoms with E-state index in [0.717, 1.165) is 24.6 Å². The third-order valence-corrected chi connectivity index (χ3v) is 5.03. The molecule has 0 spiro atoms. The number of hydrogen-bond acceptors (Lipinski definition) is 5. The lowest BCUT2D eigenvalue weighted by Crippen LogP contribution is -2.41. The Kier molecular flexibility index (Phi) is 5.52. The summed E-state index contributed by atoms with van der Waals surface area (Å²) in [7, 11) is 0. The van der Waals surface area contributed by atoms with Crippen molar-refractivity contribution in [1.82, 2.24) is 20.2 Å². The second-order valence-electron chi connectivity index (χ2n) is 6.41. The van der Waals surface area contributed by atoms with E-state index in [-0.39, 0.29) is 23.4 Å². The molecule has 7 nitrogen and oxygen atoms in total. The molecule has 0 aliphatic heterocycles. The molecule has 0 radical (unpaired) electrons. The van der Waals surface area contributed by atoms with E-state index in [4.69, 9.17) is 11.6 Å². The first-order valence-electron chi connectivity index (χ1n) is 8.30. The zero-order valence-corrected chi connectivity index (χ0v) is 16.0. The number of carbonyl (C=O) groups is 2. The normalized spacial score (nSPS) is 13.8. The predicted molar refractivity (Wildman–Crippen MR) is 102 cm³/mol. The number of nitrogens with zero attached hydrogens (tertiary/aromatic N) is 2. The minimum absolute atomic E-state index is 0.0245. The molecule has 0 atom stereocenters. The predicted octanol–water partition coefficient (Wildman–Crippen LogP) is 2.71. The summed E-state index contributed by atoms with van der Waals surface area (Å²) >= 11 is 7.10. The Morgan fingerprint density at radius 2 is 2.12 bits per heavy atom. The molecular weight excluding hydrogens is 376 g/mol. The fourth-order valence-corrected chi connectivity index (χ4v) is 3.55. The maximum atomic E-state index is 12.8. The lowest BCUT2D eigenvalue weighted by atomic mass is 10.2. The monoisotopic (exact) mass is 394 g/mol. The molecule has 0 unspecified atom stereocenters. The number of benzene rings is 1. The summed E-state index contributed by atoms with van der Waals surface area (Å²) in [6.45, 7) is 3.75. The molecule has 1 fully saturated rings. The van der Waals surface area contributed by atoms with Crippen LogP contribution in [-0.4, -0.2) is 33.3 Å². The molecule has 1 aromatic heterocycles. The molecule has 2 N–H and O–H groups in total. The molecule has 3 amide bonds. The number of amides is 3. The molecule has 2 aromatic rings. The molecule has 1 saturated carbocycles. The number of imide groups is 1. The lowest BCUT2D eigenvalue weighted by Gasteiger charge is -2.16. The SMILES string of the molecule is CC(C)n1c(SCC(=O)NC(=O)NC2CC2)nc2cc(Cl)ccc2c1=O. The van der Waals surface area contributed by atoms with Gasteiger partial charge in [0.05, 0.1) is 16.7 Å². The van der Waals surface area contributed by atoms with Crippen LogP contribution in [0.1, 0.15) is 32.7 Å². The maximum absolute atomic E-state index is 12.8. The second kappa shape index (κ2) is 7.67. The molecule has 0 bridgehead atoms. The number of aromatic nitrogens is 2. The van der Waals surface area contributed by atoms with E-state index in [1.807, 2.05) is 13.8 Å². The molecule has 3 rings (SSSR count). The van der Waals surface area contributed by atoms with Gasteiger partial charge in [-0.25, -0.2) is 9.78 Å². The van der Waals surface area contributed by atoms with Crippen LogP contribution in [-0.2, 0) is 4.79 Å². The highest BCUT2D eigenvalue weighted by molar-refractivity contribution is 7.99. The van der Waals surface area contributed by atoms with Gasteiger partial charge in [-0.1, -0.05) is 23.4 Å². The minimum atomic E-state index is -0.488. The summed E-state index contributed by atoms with van der Waals surface area (Å²) in [5.74, 6) is -0.465. The van der Waals surface area contributed by atoms with E-state index in [1.54, 1.807) is 22.8 Å². The second-order valence-corrected chi connectivity index (χ2v) is 7.79. The summed E-state index contributed by atoms with van der Waals surface area (Å²) < 4.78 is 1.54. The molecule has 1 aliphatic carbocycles. The van der Waals surface area contributed by atoms with Gasteiger partial charge in [0.25, 0.3) is 5.56 Å². The van der Waals surface area contributed by atoms with Crippen LogP contribution in [0.15, 0.2) is 28.2 Å². The molecule has 26 heavy (non-hydrogen) atoms. The van der Waals surface area contributed by atoms with Crippen LogP contribution in [0, 0.1) is 0 Å². The largest absolute Gasteiger partial charge is 0.335 e. The third-order valence-electron chi connectivity index (χ3n) is 3.85. The highest BCUT2D eigenvalue weighted by atomic mass is 35.5. The number of urea groups is 1. The van der Waals surface area contributed by atoms with Crippen LogP contribution in [0.25, 0.3) is 10.9 Å². The van der Waals surface area contributed by atoms with Gasteiger partial charge in [0.15, 0.2) is 5.16 Å². The van der Waals surface area contributed by atoms with E-state index in [1.165, 1.54) is 0 Å². The zero-order chi connectivity index (χ0) is 18.8. The van der Waals surface area contributed by atoms with E-state index in [9.17, 15) is 14.4 Å². The van der Waals surface area contributed by atoms with Crippen molar-refractivity contribution in [2.45, 2.75) is 43.9 Å². The van der Waals surface area contributed by atoms with E-state index in [0.29, 0.717) is 21.1 Å². The van der Waals surface area contributed by atoms with E-state index in [2.05, 4.69) is 15.6 Å². The summed E-state index contributed by atoms with van der Waals surface area (Å²) in [5.41, 5.74) is 0.296. The number of rotatable bonds is 5. The van der Waals surface area contributed by atoms with Gasteiger partial charge >= 0.3 is 6.03 Å². The molecule has 0 saturated heterocycles. The third kappa shape index (κ3) is 4.37. The minimum Gasteiger partial charge on any atom is -0.335 e. The van der Waals surface area contributed by atoms with E-state index >= 15 is 0 Å². The fourth-order valence-electron chi connectivity index (χ4n) is 2.45. The van der Waals surface area contributed by atoms with Gasteiger partial charge in [0, 0.05) is 17.1 Å². The average molecular weight is 395 g/mol. The zero-order valence-electron chi connectivity index (χ0n) is 14.4. The van der Waals surface area contributed by atoms with Crippen molar-refractivity contribution in [2.24, 2.45) is 0 Å². The number of carbonyl (C=O) groups excluding carboxylic acids is 2. The van der Waals surface area contributed by atoms with Gasteiger partial charge < -0.3 is 5.32 Å². The lowest BCUT2D eigenvalue weighted by molar-refractivity contribution is -0.117. The van der Waals surface area contributed by atoms with Crippen molar-refractivity contribution in [3.63, 3.8) is 0 Å². The molecule has 1 heterocycles. The first-order valence-corrected chi connectivity index (χ1v) is 9.66. The summed E-state index contributed by atoms with van der Waals surface area (Å²) in [5, 5.41) is 6.34. The van der Waals surface area contributed by atoms with Gasteiger partial charge in [0.1, 0.15) is 0 Å². The number of hydrogen-bond donors (Lipinski definition) is 2. The smallest absolute Gasteiger partial charge is 0.321 e. The number of thioether (sulfide) groups is 1. The molecule has 138 valence electrons. The Balaban J connectivity index is 1.79. The topological polar surface area (TPSA) is 93.1 Å². The average Bonchev–Trinajstić information content (AvgIpc) is 3.35. The fraction of sp³-hybridized carbons (Fsp3) is 0.412. The van der Waals surface area contributed by atoms with Crippen LogP contribution in [0.2, 0.25) is 5.02 Å². The Morgan fingerprint density at radius 1 is 1.38 bits per heavy atom. The maximum Gasteiger partial charge on any atom is 0.321 e. The number of nitrogens with one attached hydrogen (secondary N) is 2. The van der Waals surface area contributed by atoms with Crippen molar-refractivity contribution in [3.05, 3.63) is 33.6 Å². The van der Waals surface area contributed by atoms with Crippen molar-refractivity contribution in [3.8, 4) is 0 Å². The van der Waals surface area contributed by atoms with Gasteiger partial charge in [0.2, 0.25) is 5.91 Å². The first kappa shape index (κ1) is 18.7. The van der Waals surface area contributed by atoms with E-state index < -0.39 is 11.9 Å². The first-order chi connectivity index (χ1) is 12.3. The van der Waals surface area contributed by atoms with Gasteiger partial charge in [-0.2, -0.15) is 0 Å². The van der Waals surface area contributed by atoms with Crippen molar-refractivity contribution in [2.75, 3.05) is 5.75 Å². The van der Waals surface area contributed by atoms with Crippen LogP contribution in [0.5, 0.6) is 0 Å². The van der Waals surface area contributed by atoms with Crippen molar-refractivity contribution in [1.29, 1.82) is 0 Å². The summed E-state index contributed by atoms with van der Waals surface area (Å²) in [4.78, 5) is 40.8. The van der Waals surface area contributed by atoms with Crippen LogP contribution in [0.4, 0.5) is 4.79 Å². The number of fused-ring (bicyclic) bond motifs is 1. The quantitative estimate of drug-likeness (QED) is 0.600. The Labute approximate surface area is 159 Å². The number of halogens is 1. The summed E-state index contributed by atoms with van der Waals surface area (Å²) in [6.07, 6.45) is 1.89. The van der Waals surface area contributed by atoms with Gasteiger partial charge in [-0.15, -0.1) is 0 Å². The van der Waals surface area contributed by atoms with Crippen LogP contribution >= 0.6 is 23.4 Å². The molecule has 1 aromatic carbocycles. The molecule has 9 heteroatoms. The highest BCUT2D eigenvalue weighted by Gasteiger charge is 2.24. The standard InChI is InChI=1S/C17H19ClN4O3S/c1-9(2)22-15(24)12-6-3-10(18)7-13(12)20-17(22)26-8-14(23)21-16(25)19-11-4-5-11/h3,6-7,9,11H,4-5,8H2,1-2H3,(H2,19,21,23,25). The molecule has 1 aliphatic rings. The van der Waals surface area contributed by atoms with Crippen molar-refractivity contribution < 1.29 is 9.59 Å². The highest BCUT2D eigenvalue weighted by Crippen LogP contribution is 2.22. The Bertz CT molecular complexity index is 924. The van der Waals surface area contributed by atoms with Crippen LogP contribution in [0.3, 0.4) is 0 Å². The Morgan fingerprint density at radius 3 is 2.77 bits per heavy atom. The summed E-state index contributed by atoms with van der Waals surface area (Å²) in [6, 6.07) is 4.48. The Hall–Kier alpha value is -2.06. The van der Waals surface area contributed by atoms with Gasteiger partial charge in [-0.05, 0) is 44.9 Å². The molecular formula is C17H19ClN4O3S. The van der Waals surface area contributed by atoms with Crippen molar-refractivity contribution >= 4 is 46.2 Å². The van der Waals surface area contributed by atoms with Gasteiger partial charge in [-0.3, -0.25) is 19.5 Å². The van der Waals surface area contributed by atoms with Crippen LogP contribution < -0.4 is 16.2 Å².